The van der Waals surface area contributed by atoms with Crippen LogP contribution in [0, 0.1) is 5.82 Å². The topological polar surface area (TPSA) is 86.8 Å². The third-order valence-electron chi connectivity index (χ3n) is 5.92. The first-order chi connectivity index (χ1) is 15.0. The van der Waals surface area contributed by atoms with Crippen molar-refractivity contribution in [1.29, 1.82) is 0 Å². The Morgan fingerprint density at radius 2 is 1.84 bits per heavy atom. The lowest BCUT2D eigenvalue weighted by Crippen LogP contribution is -2.40. The van der Waals surface area contributed by atoms with Crippen molar-refractivity contribution in [3.63, 3.8) is 0 Å². The number of anilines is 2. The summed E-state index contributed by atoms with van der Waals surface area (Å²) >= 11 is 5.73. The van der Waals surface area contributed by atoms with Gasteiger partial charge in [0.2, 0.25) is 21.8 Å². The van der Waals surface area contributed by atoms with Gasteiger partial charge in [0.05, 0.1) is 16.0 Å². The van der Waals surface area contributed by atoms with Crippen LogP contribution in [0.1, 0.15) is 32.3 Å². The van der Waals surface area contributed by atoms with Crippen LogP contribution in [0.4, 0.5) is 15.8 Å². The quantitative estimate of drug-likeness (QED) is 0.710. The Labute approximate surface area is 191 Å². The molecule has 2 amide bonds. The summed E-state index contributed by atoms with van der Waals surface area (Å²) in [6.45, 7) is 4.01. The van der Waals surface area contributed by atoms with Crippen molar-refractivity contribution in [2.75, 3.05) is 29.9 Å². The minimum absolute atomic E-state index is 0.0439. The smallest absolute Gasteiger partial charge is 0.244 e. The van der Waals surface area contributed by atoms with E-state index in [1.807, 2.05) is 0 Å². The molecule has 2 heterocycles. The second-order valence-corrected chi connectivity index (χ2v) is 10.9. The van der Waals surface area contributed by atoms with Gasteiger partial charge >= 0.3 is 0 Å². The molecular formula is C22H23ClFN3O4S. The molecule has 0 unspecified atom stereocenters. The van der Waals surface area contributed by atoms with Crippen LogP contribution in [-0.2, 0) is 25.0 Å². The zero-order valence-electron chi connectivity index (χ0n) is 17.7. The summed E-state index contributed by atoms with van der Waals surface area (Å²) in [4.78, 5) is 27.1. The first-order valence-electron chi connectivity index (χ1n) is 10.2. The number of halogens is 2. The predicted octanol–water partition coefficient (Wildman–Crippen LogP) is 3.53. The van der Waals surface area contributed by atoms with E-state index in [4.69, 9.17) is 11.6 Å². The molecule has 0 radical (unpaired) electrons. The molecule has 0 saturated carbocycles. The molecule has 0 spiro atoms. The maximum absolute atomic E-state index is 14.0. The van der Waals surface area contributed by atoms with Crippen molar-refractivity contribution in [3.05, 3.63) is 52.8 Å². The highest BCUT2D eigenvalue weighted by Crippen LogP contribution is 2.43. The molecule has 1 N–H and O–H groups in total. The van der Waals surface area contributed by atoms with Gasteiger partial charge in [-0.05, 0) is 68.7 Å². The van der Waals surface area contributed by atoms with Crippen LogP contribution in [0.25, 0.3) is 0 Å². The minimum atomic E-state index is -3.65. The monoisotopic (exact) mass is 479 g/mol. The highest BCUT2D eigenvalue weighted by atomic mass is 35.5. The number of amides is 2. The van der Waals surface area contributed by atoms with Crippen LogP contribution in [0.3, 0.4) is 0 Å². The van der Waals surface area contributed by atoms with E-state index >= 15 is 0 Å². The molecule has 2 aliphatic heterocycles. The van der Waals surface area contributed by atoms with E-state index in [0.717, 1.165) is 18.9 Å². The van der Waals surface area contributed by atoms with Crippen molar-refractivity contribution in [1.82, 2.24) is 4.31 Å². The molecule has 0 aliphatic carbocycles. The molecule has 4 rings (SSSR count). The fraction of sp³-hybridized carbons (Fsp3) is 0.364. The van der Waals surface area contributed by atoms with Crippen molar-refractivity contribution in [2.45, 2.75) is 37.0 Å². The average Bonchev–Trinajstić information content (AvgIpc) is 3.34. The summed E-state index contributed by atoms with van der Waals surface area (Å²) < 4.78 is 41.4. The molecule has 10 heteroatoms. The highest BCUT2D eigenvalue weighted by Gasteiger charge is 2.45. The van der Waals surface area contributed by atoms with Gasteiger partial charge in [0, 0.05) is 23.8 Å². The average molecular weight is 480 g/mol. The molecule has 0 aromatic heterocycles. The summed E-state index contributed by atoms with van der Waals surface area (Å²) in [6, 6.07) is 8.42. The predicted molar refractivity (Wildman–Crippen MR) is 120 cm³/mol. The van der Waals surface area contributed by atoms with Gasteiger partial charge in [-0.25, -0.2) is 12.8 Å². The maximum atomic E-state index is 14.0. The van der Waals surface area contributed by atoms with Crippen LogP contribution in [0.15, 0.2) is 41.3 Å². The lowest BCUT2D eigenvalue weighted by Gasteiger charge is -2.20. The number of nitrogens with one attached hydrogen (secondary N) is 1. The minimum Gasteiger partial charge on any atom is -0.322 e. The van der Waals surface area contributed by atoms with E-state index in [2.05, 4.69) is 5.32 Å². The van der Waals surface area contributed by atoms with E-state index in [0.29, 0.717) is 24.3 Å². The van der Waals surface area contributed by atoms with Gasteiger partial charge in [-0.2, -0.15) is 4.31 Å². The molecular weight excluding hydrogens is 457 g/mol. The number of nitrogens with zero attached hydrogens (tertiary/aromatic N) is 2. The van der Waals surface area contributed by atoms with Gasteiger partial charge in [0.15, 0.2) is 0 Å². The van der Waals surface area contributed by atoms with Crippen LogP contribution >= 0.6 is 11.6 Å². The first-order valence-corrected chi connectivity index (χ1v) is 12.0. The van der Waals surface area contributed by atoms with Crippen LogP contribution in [-0.4, -0.2) is 44.2 Å². The summed E-state index contributed by atoms with van der Waals surface area (Å²) in [6.07, 6.45) is 1.65. The fourth-order valence-electron chi connectivity index (χ4n) is 4.13. The second-order valence-electron chi connectivity index (χ2n) is 8.48. The van der Waals surface area contributed by atoms with Crippen molar-refractivity contribution >= 4 is 44.8 Å². The standard InChI is InChI=1S/C22H23ClFN3O4S/c1-22(2)16-12-15(32(30,31)26-9-3-4-10-26)6-8-19(16)27(21(22)29)13-20(28)25-18-7-5-14(23)11-17(18)24/h5-8,11-12H,3-4,9-10,13H2,1-2H3,(H,25,28). The molecule has 0 bridgehead atoms. The van der Waals surface area contributed by atoms with Gasteiger partial charge in [-0.15, -0.1) is 0 Å². The number of carbonyl (C=O) groups is 2. The Morgan fingerprint density at radius 1 is 1.16 bits per heavy atom. The Balaban J connectivity index is 1.61. The van der Waals surface area contributed by atoms with Crippen LogP contribution < -0.4 is 10.2 Å². The zero-order valence-corrected chi connectivity index (χ0v) is 19.3. The van der Waals surface area contributed by atoms with Gasteiger partial charge in [-0.3, -0.25) is 9.59 Å². The van der Waals surface area contributed by atoms with Crippen molar-refractivity contribution in [2.24, 2.45) is 0 Å². The number of hydrogen-bond donors (Lipinski definition) is 1. The largest absolute Gasteiger partial charge is 0.322 e. The zero-order chi connectivity index (χ0) is 23.3. The number of sulfonamides is 1. The third-order valence-corrected chi connectivity index (χ3v) is 8.05. The van der Waals surface area contributed by atoms with Gasteiger partial charge in [0.1, 0.15) is 12.4 Å². The Bertz CT molecular complexity index is 1210. The van der Waals surface area contributed by atoms with Gasteiger partial charge < -0.3 is 10.2 Å². The molecule has 7 nitrogen and oxygen atoms in total. The molecule has 1 fully saturated rings. The number of benzene rings is 2. The van der Waals surface area contributed by atoms with Crippen LogP contribution in [0.2, 0.25) is 5.02 Å². The Morgan fingerprint density at radius 3 is 2.50 bits per heavy atom. The molecule has 2 aromatic carbocycles. The van der Waals surface area contributed by atoms with E-state index < -0.39 is 27.2 Å². The van der Waals surface area contributed by atoms with E-state index in [-0.39, 0.29) is 28.1 Å². The Hall–Kier alpha value is -2.49. The van der Waals surface area contributed by atoms with Gasteiger partial charge in [-0.1, -0.05) is 11.6 Å². The summed E-state index contributed by atoms with van der Waals surface area (Å²) in [5.74, 6) is -1.61. The summed E-state index contributed by atoms with van der Waals surface area (Å²) in [5.41, 5.74) is -0.0598. The lowest BCUT2D eigenvalue weighted by molar-refractivity contribution is -0.124. The number of hydrogen-bond acceptors (Lipinski definition) is 4. The first kappa shape index (κ1) is 22.7. The second kappa shape index (κ2) is 8.13. The highest BCUT2D eigenvalue weighted by molar-refractivity contribution is 7.89. The molecule has 0 atom stereocenters. The maximum Gasteiger partial charge on any atom is 0.244 e. The molecule has 1 saturated heterocycles. The molecule has 32 heavy (non-hydrogen) atoms. The third kappa shape index (κ3) is 3.89. The number of rotatable bonds is 5. The number of fused-ring (bicyclic) bond motifs is 1. The summed E-state index contributed by atoms with van der Waals surface area (Å²) in [7, 11) is -3.65. The SMILES string of the molecule is CC1(C)C(=O)N(CC(=O)Nc2ccc(Cl)cc2F)c2ccc(S(=O)(=O)N3CCCC3)cc21. The van der Waals surface area contributed by atoms with E-state index in [9.17, 15) is 22.4 Å². The summed E-state index contributed by atoms with van der Waals surface area (Å²) in [5, 5.41) is 2.65. The van der Waals surface area contributed by atoms with Crippen molar-refractivity contribution < 1.29 is 22.4 Å². The van der Waals surface area contributed by atoms with Crippen LogP contribution in [0.5, 0.6) is 0 Å². The number of carbonyl (C=O) groups excluding carboxylic acids is 2. The Kier molecular flexibility index (Phi) is 5.77. The normalized spacial score (nSPS) is 18.1. The van der Waals surface area contributed by atoms with E-state index in [1.54, 1.807) is 19.9 Å². The fourth-order valence-corrected chi connectivity index (χ4v) is 5.83. The molecule has 2 aliphatic rings. The molecule has 2 aromatic rings. The van der Waals surface area contributed by atoms with E-state index in [1.165, 1.54) is 33.5 Å². The lowest BCUT2D eigenvalue weighted by atomic mass is 9.86. The van der Waals surface area contributed by atoms with Crippen molar-refractivity contribution in [3.8, 4) is 0 Å². The van der Waals surface area contributed by atoms with Gasteiger partial charge in [0.25, 0.3) is 0 Å². The molecule has 170 valence electrons.